The fraction of sp³-hybridized carbons (Fsp3) is 0.200. The Morgan fingerprint density at radius 2 is 2.14 bits per heavy atom. The molecular weight excluding hydrogens is 294 g/mol. The average Bonchev–Trinajstić information content (AvgIpc) is 2.92. The van der Waals surface area contributed by atoms with Gasteiger partial charge in [-0.15, -0.1) is 0 Å². The quantitative estimate of drug-likeness (QED) is 0.608. The van der Waals surface area contributed by atoms with Gasteiger partial charge in [-0.1, -0.05) is 12.1 Å². The lowest BCUT2D eigenvalue weighted by Crippen LogP contribution is -2.03. The summed E-state index contributed by atoms with van der Waals surface area (Å²) < 4.78 is 35.3. The van der Waals surface area contributed by atoms with Crippen LogP contribution in [0.4, 0.5) is 8.78 Å². The van der Waals surface area contributed by atoms with Gasteiger partial charge in [0, 0.05) is 13.2 Å². The van der Waals surface area contributed by atoms with E-state index in [0.717, 1.165) is 0 Å². The average molecular weight is 308 g/mol. The van der Waals surface area contributed by atoms with Gasteiger partial charge < -0.3 is 9.47 Å². The number of hydrogen-bond acceptors (Lipinski definition) is 4. The maximum absolute atomic E-state index is 12.2. The van der Waals surface area contributed by atoms with Crippen molar-refractivity contribution in [1.29, 1.82) is 0 Å². The van der Waals surface area contributed by atoms with Crippen molar-refractivity contribution in [3.8, 4) is 11.5 Å². The van der Waals surface area contributed by atoms with Crippen molar-refractivity contribution in [2.75, 3.05) is 7.11 Å². The molecular formula is C15H14F2N2O3. The highest BCUT2D eigenvalue weighted by atomic mass is 19.3. The number of allylic oxidation sites excluding steroid dienone is 1. The summed E-state index contributed by atoms with van der Waals surface area (Å²) in [6, 6.07) is 4.41. The van der Waals surface area contributed by atoms with E-state index in [-0.39, 0.29) is 17.3 Å². The number of carbonyl (C=O) groups excluding carboxylic acids is 1. The number of methoxy groups -OCH3 is 1. The summed E-state index contributed by atoms with van der Waals surface area (Å²) in [4.78, 5) is 11.9. The van der Waals surface area contributed by atoms with Gasteiger partial charge in [0.25, 0.3) is 0 Å². The Morgan fingerprint density at radius 3 is 2.73 bits per heavy atom. The fourth-order valence-corrected chi connectivity index (χ4v) is 1.80. The Morgan fingerprint density at radius 1 is 1.36 bits per heavy atom. The molecule has 2 rings (SSSR count). The molecule has 0 unspecified atom stereocenters. The molecule has 0 radical (unpaired) electrons. The minimum atomic E-state index is -2.93. The molecule has 116 valence electrons. The number of halogens is 2. The fourth-order valence-electron chi connectivity index (χ4n) is 1.80. The minimum absolute atomic E-state index is 0.0618. The summed E-state index contributed by atoms with van der Waals surface area (Å²) in [6.07, 6.45) is 6.00. The van der Waals surface area contributed by atoms with Crippen molar-refractivity contribution in [2.24, 2.45) is 7.05 Å². The van der Waals surface area contributed by atoms with E-state index >= 15 is 0 Å². The first kappa shape index (κ1) is 15.7. The van der Waals surface area contributed by atoms with Gasteiger partial charge in [0.2, 0.25) is 0 Å². The van der Waals surface area contributed by atoms with E-state index < -0.39 is 6.61 Å². The van der Waals surface area contributed by atoms with Gasteiger partial charge in [-0.3, -0.25) is 9.48 Å². The monoisotopic (exact) mass is 308 g/mol. The molecule has 7 heteroatoms. The number of ether oxygens (including phenoxy) is 2. The van der Waals surface area contributed by atoms with Crippen LogP contribution in [-0.4, -0.2) is 29.3 Å². The SMILES string of the molecule is COc1cc(C=CC(=O)c2cnn(C)c2)ccc1OC(F)F. The molecule has 0 amide bonds. The predicted molar refractivity (Wildman–Crippen MR) is 76.2 cm³/mol. The third-order valence-electron chi connectivity index (χ3n) is 2.82. The van der Waals surface area contributed by atoms with E-state index in [1.165, 1.54) is 36.2 Å². The summed E-state index contributed by atoms with van der Waals surface area (Å²) in [5.41, 5.74) is 1.08. The van der Waals surface area contributed by atoms with Crippen LogP contribution in [0.25, 0.3) is 6.08 Å². The summed E-state index contributed by atoms with van der Waals surface area (Å²) >= 11 is 0. The molecule has 1 aromatic heterocycles. The topological polar surface area (TPSA) is 53.3 Å². The van der Waals surface area contributed by atoms with Gasteiger partial charge in [-0.05, 0) is 23.8 Å². The van der Waals surface area contributed by atoms with Crippen LogP contribution in [0.1, 0.15) is 15.9 Å². The molecule has 5 nitrogen and oxygen atoms in total. The molecule has 0 saturated carbocycles. The van der Waals surface area contributed by atoms with Crippen molar-refractivity contribution in [1.82, 2.24) is 9.78 Å². The Labute approximate surface area is 125 Å². The number of nitrogens with zero attached hydrogens (tertiary/aromatic N) is 2. The van der Waals surface area contributed by atoms with Crippen molar-refractivity contribution in [3.05, 3.63) is 47.8 Å². The standard InChI is InChI=1S/C15H14F2N2O3/c1-19-9-11(8-18-19)12(20)5-3-10-4-6-13(22-15(16)17)14(7-10)21-2/h3-9,15H,1-2H3. The van der Waals surface area contributed by atoms with Crippen molar-refractivity contribution in [3.63, 3.8) is 0 Å². The number of aromatic nitrogens is 2. The molecule has 0 N–H and O–H groups in total. The van der Waals surface area contributed by atoms with Gasteiger partial charge in [0.05, 0.1) is 18.9 Å². The molecule has 0 fully saturated rings. The molecule has 2 aromatic rings. The second-order valence-electron chi connectivity index (χ2n) is 4.39. The summed E-state index contributed by atoms with van der Waals surface area (Å²) in [5.74, 6) is -0.107. The van der Waals surface area contributed by atoms with E-state index in [2.05, 4.69) is 9.84 Å². The number of benzene rings is 1. The Kier molecular flexibility index (Phi) is 4.88. The highest BCUT2D eigenvalue weighted by molar-refractivity contribution is 6.06. The number of aryl methyl sites for hydroxylation is 1. The zero-order valence-electron chi connectivity index (χ0n) is 12.0. The highest BCUT2D eigenvalue weighted by Gasteiger charge is 2.10. The molecule has 0 bridgehead atoms. The lowest BCUT2D eigenvalue weighted by molar-refractivity contribution is -0.0512. The predicted octanol–water partition coefficient (Wildman–Crippen LogP) is 2.93. The second kappa shape index (κ2) is 6.84. The van der Waals surface area contributed by atoms with Crippen LogP contribution in [0.15, 0.2) is 36.7 Å². The largest absolute Gasteiger partial charge is 0.493 e. The summed E-state index contributed by atoms with van der Waals surface area (Å²) in [6.45, 7) is -2.93. The van der Waals surface area contributed by atoms with Crippen molar-refractivity contribution >= 4 is 11.9 Å². The van der Waals surface area contributed by atoms with Gasteiger partial charge in [-0.2, -0.15) is 13.9 Å². The second-order valence-corrected chi connectivity index (χ2v) is 4.39. The zero-order chi connectivity index (χ0) is 16.1. The third-order valence-corrected chi connectivity index (χ3v) is 2.82. The highest BCUT2D eigenvalue weighted by Crippen LogP contribution is 2.29. The van der Waals surface area contributed by atoms with Crippen molar-refractivity contribution in [2.45, 2.75) is 6.61 Å². The van der Waals surface area contributed by atoms with Gasteiger partial charge in [-0.25, -0.2) is 0 Å². The maximum atomic E-state index is 12.2. The minimum Gasteiger partial charge on any atom is -0.493 e. The molecule has 0 spiro atoms. The van der Waals surface area contributed by atoms with Crippen LogP contribution >= 0.6 is 0 Å². The van der Waals surface area contributed by atoms with E-state index in [1.54, 1.807) is 25.4 Å². The third kappa shape index (κ3) is 3.91. The van der Waals surface area contributed by atoms with E-state index in [0.29, 0.717) is 11.1 Å². The molecule has 0 aliphatic carbocycles. The van der Waals surface area contributed by atoms with Gasteiger partial charge in [0.1, 0.15) is 0 Å². The lowest BCUT2D eigenvalue weighted by Gasteiger charge is -2.10. The van der Waals surface area contributed by atoms with Crippen LogP contribution in [0.5, 0.6) is 11.5 Å². The summed E-state index contributed by atoms with van der Waals surface area (Å²) in [5, 5.41) is 3.91. The molecule has 1 aromatic carbocycles. The first-order valence-electron chi connectivity index (χ1n) is 6.33. The van der Waals surface area contributed by atoms with Gasteiger partial charge in [0.15, 0.2) is 17.3 Å². The van der Waals surface area contributed by atoms with Crippen LogP contribution in [0.3, 0.4) is 0 Å². The lowest BCUT2D eigenvalue weighted by atomic mass is 10.1. The Balaban J connectivity index is 2.15. The molecule has 1 heterocycles. The first-order valence-corrected chi connectivity index (χ1v) is 6.33. The zero-order valence-corrected chi connectivity index (χ0v) is 12.0. The van der Waals surface area contributed by atoms with Crippen LogP contribution in [0, 0.1) is 0 Å². The number of alkyl halides is 2. The number of rotatable bonds is 6. The molecule has 22 heavy (non-hydrogen) atoms. The van der Waals surface area contributed by atoms with E-state index in [1.807, 2.05) is 0 Å². The Bertz CT molecular complexity index is 696. The molecule has 0 saturated heterocycles. The maximum Gasteiger partial charge on any atom is 0.387 e. The number of carbonyl (C=O) groups is 1. The first-order chi connectivity index (χ1) is 10.5. The van der Waals surface area contributed by atoms with Crippen molar-refractivity contribution < 1.29 is 23.0 Å². The van der Waals surface area contributed by atoms with Crippen LogP contribution in [0.2, 0.25) is 0 Å². The van der Waals surface area contributed by atoms with E-state index in [4.69, 9.17) is 4.74 Å². The Hall–Kier alpha value is -2.70. The van der Waals surface area contributed by atoms with Gasteiger partial charge >= 0.3 is 6.61 Å². The smallest absolute Gasteiger partial charge is 0.387 e. The van der Waals surface area contributed by atoms with Crippen LogP contribution in [-0.2, 0) is 7.05 Å². The summed E-state index contributed by atoms with van der Waals surface area (Å²) in [7, 11) is 3.06. The van der Waals surface area contributed by atoms with Crippen LogP contribution < -0.4 is 9.47 Å². The van der Waals surface area contributed by atoms with E-state index in [9.17, 15) is 13.6 Å². The molecule has 0 atom stereocenters. The number of hydrogen-bond donors (Lipinski definition) is 0. The molecule has 0 aliphatic heterocycles. The normalized spacial score (nSPS) is 11.1. The number of ketones is 1. The molecule has 0 aliphatic rings.